The molecule has 154 valence electrons. The molecule has 4 unspecified atom stereocenters. The number of rotatable bonds is 3. The zero-order valence-electron chi connectivity index (χ0n) is 16.1. The van der Waals surface area contributed by atoms with Gasteiger partial charge in [0.15, 0.2) is 11.5 Å². The van der Waals surface area contributed by atoms with E-state index < -0.39 is 6.04 Å². The molecule has 0 saturated heterocycles. The highest BCUT2D eigenvalue weighted by Crippen LogP contribution is 2.47. The van der Waals surface area contributed by atoms with Crippen molar-refractivity contribution in [2.45, 2.75) is 43.3 Å². The molecule has 3 aliphatic rings. The van der Waals surface area contributed by atoms with Crippen LogP contribution in [0.2, 0.25) is 5.02 Å². The van der Waals surface area contributed by atoms with Crippen molar-refractivity contribution in [2.24, 2.45) is 5.92 Å². The SMILES string of the molecule is O=C1C2=C(OC3CCC(Cl)CC13)C(=O)N(Cc1cccnc1)C2c1ccc(Cl)cc1. The molecule has 5 nitrogen and oxygen atoms in total. The van der Waals surface area contributed by atoms with Crippen molar-refractivity contribution in [3.05, 3.63) is 76.3 Å². The van der Waals surface area contributed by atoms with E-state index in [1.54, 1.807) is 29.4 Å². The zero-order valence-corrected chi connectivity index (χ0v) is 17.6. The molecule has 1 saturated carbocycles. The molecular formula is C23H20Cl2N2O3. The first-order valence-corrected chi connectivity index (χ1v) is 10.9. The summed E-state index contributed by atoms with van der Waals surface area (Å²) in [7, 11) is 0. The highest BCUT2D eigenvalue weighted by Gasteiger charge is 2.52. The van der Waals surface area contributed by atoms with Crippen LogP contribution in [0.15, 0.2) is 60.1 Å². The van der Waals surface area contributed by atoms with Gasteiger partial charge in [-0.1, -0.05) is 29.8 Å². The standard InChI is InChI=1S/C23H20Cl2N2O3/c24-15-5-3-14(4-6-15)20-19-21(28)17-10-16(25)7-8-18(17)30-22(19)23(29)27(20)12-13-2-1-9-26-11-13/h1-6,9,11,16-18,20H,7-8,10,12H2. The Hall–Kier alpha value is -2.37. The van der Waals surface area contributed by atoms with Crippen molar-refractivity contribution < 1.29 is 14.3 Å². The maximum Gasteiger partial charge on any atom is 0.290 e. The van der Waals surface area contributed by atoms with E-state index >= 15 is 0 Å². The Labute approximate surface area is 184 Å². The Kier molecular flexibility index (Phi) is 5.03. The number of hydrogen-bond acceptors (Lipinski definition) is 4. The van der Waals surface area contributed by atoms with Gasteiger partial charge in [-0.15, -0.1) is 11.6 Å². The maximum atomic E-state index is 13.6. The number of pyridine rings is 1. The first-order valence-electron chi connectivity index (χ1n) is 10.1. The van der Waals surface area contributed by atoms with E-state index in [0.717, 1.165) is 17.5 Å². The summed E-state index contributed by atoms with van der Waals surface area (Å²) < 4.78 is 6.16. The largest absolute Gasteiger partial charge is 0.483 e. The van der Waals surface area contributed by atoms with Gasteiger partial charge in [-0.05, 0) is 48.6 Å². The molecule has 5 rings (SSSR count). The average Bonchev–Trinajstić information content (AvgIpc) is 3.02. The fourth-order valence-electron chi connectivity index (χ4n) is 4.71. The fraction of sp³-hybridized carbons (Fsp3) is 0.348. The molecule has 1 aliphatic carbocycles. The van der Waals surface area contributed by atoms with Crippen LogP contribution in [0.3, 0.4) is 0 Å². The monoisotopic (exact) mass is 442 g/mol. The Morgan fingerprint density at radius 2 is 1.93 bits per heavy atom. The summed E-state index contributed by atoms with van der Waals surface area (Å²) in [4.78, 5) is 32.8. The van der Waals surface area contributed by atoms with Crippen LogP contribution in [-0.4, -0.2) is 33.1 Å². The highest BCUT2D eigenvalue weighted by atomic mass is 35.5. The number of hydrogen-bond donors (Lipinski definition) is 0. The second-order valence-electron chi connectivity index (χ2n) is 8.03. The number of carbonyl (C=O) groups is 2. The molecule has 3 heterocycles. The fourth-order valence-corrected chi connectivity index (χ4v) is 5.15. The zero-order chi connectivity index (χ0) is 20.8. The molecule has 30 heavy (non-hydrogen) atoms. The lowest BCUT2D eigenvalue weighted by Crippen LogP contribution is -2.41. The van der Waals surface area contributed by atoms with Crippen LogP contribution in [0.4, 0.5) is 0 Å². The summed E-state index contributed by atoms with van der Waals surface area (Å²) in [6, 6.07) is 10.5. The molecule has 2 aromatic rings. The van der Waals surface area contributed by atoms with Crippen molar-refractivity contribution in [3.63, 3.8) is 0 Å². The molecule has 0 bridgehead atoms. The van der Waals surface area contributed by atoms with Crippen LogP contribution in [0.25, 0.3) is 0 Å². The summed E-state index contributed by atoms with van der Waals surface area (Å²) in [5.74, 6) is -0.388. The molecule has 1 aromatic carbocycles. The van der Waals surface area contributed by atoms with Crippen LogP contribution in [0.1, 0.15) is 36.4 Å². The number of ketones is 1. The van der Waals surface area contributed by atoms with Crippen LogP contribution in [0, 0.1) is 5.92 Å². The summed E-state index contributed by atoms with van der Waals surface area (Å²) in [6.45, 7) is 0.330. The van der Waals surface area contributed by atoms with Crippen LogP contribution in [-0.2, 0) is 20.9 Å². The minimum Gasteiger partial charge on any atom is -0.483 e. The number of alkyl halides is 1. The van der Waals surface area contributed by atoms with Gasteiger partial charge in [0.25, 0.3) is 5.91 Å². The number of nitrogens with zero attached hydrogens (tertiary/aromatic N) is 2. The number of fused-ring (bicyclic) bond motifs is 1. The lowest BCUT2D eigenvalue weighted by atomic mass is 9.77. The normalized spacial score (nSPS) is 28.3. The van der Waals surface area contributed by atoms with Crippen molar-refractivity contribution in [3.8, 4) is 0 Å². The van der Waals surface area contributed by atoms with Crippen molar-refractivity contribution in [2.75, 3.05) is 0 Å². The van der Waals surface area contributed by atoms with Crippen molar-refractivity contribution in [1.82, 2.24) is 9.88 Å². The number of amides is 1. The summed E-state index contributed by atoms with van der Waals surface area (Å²) in [5, 5.41) is 0.554. The van der Waals surface area contributed by atoms with E-state index in [1.807, 2.05) is 24.3 Å². The minimum atomic E-state index is -0.519. The van der Waals surface area contributed by atoms with E-state index in [9.17, 15) is 9.59 Å². The third-order valence-corrected chi connectivity index (χ3v) is 6.79. The summed E-state index contributed by atoms with van der Waals surface area (Å²) in [5.41, 5.74) is 2.16. The molecule has 4 atom stereocenters. The molecule has 0 spiro atoms. The van der Waals surface area contributed by atoms with Crippen LogP contribution in [0.5, 0.6) is 0 Å². The van der Waals surface area contributed by atoms with Gasteiger partial charge in [0.05, 0.1) is 17.5 Å². The van der Waals surface area contributed by atoms with Crippen LogP contribution >= 0.6 is 23.2 Å². The lowest BCUT2D eigenvalue weighted by Gasteiger charge is -2.37. The molecule has 1 aromatic heterocycles. The molecule has 7 heteroatoms. The Balaban J connectivity index is 1.58. The van der Waals surface area contributed by atoms with Crippen LogP contribution < -0.4 is 0 Å². The Morgan fingerprint density at radius 1 is 1.13 bits per heavy atom. The number of benzene rings is 1. The molecule has 0 N–H and O–H groups in total. The maximum absolute atomic E-state index is 13.6. The van der Waals surface area contributed by atoms with Crippen molar-refractivity contribution >= 4 is 34.9 Å². The highest BCUT2D eigenvalue weighted by molar-refractivity contribution is 6.30. The van der Waals surface area contributed by atoms with Gasteiger partial charge in [-0.25, -0.2) is 0 Å². The molecule has 1 amide bonds. The van der Waals surface area contributed by atoms with Gasteiger partial charge >= 0.3 is 0 Å². The van der Waals surface area contributed by atoms with E-state index in [-0.39, 0.29) is 34.8 Å². The first kappa shape index (κ1) is 19.6. The molecular weight excluding hydrogens is 423 g/mol. The van der Waals surface area contributed by atoms with Gasteiger partial charge in [-0.3, -0.25) is 14.6 Å². The van der Waals surface area contributed by atoms with E-state index in [0.29, 0.717) is 30.0 Å². The van der Waals surface area contributed by atoms with Crippen molar-refractivity contribution in [1.29, 1.82) is 0 Å². The lowest BCUT2D eigenvalue weighted by molar-refractivity contribution is -0.135. The summed E-state index contributed by atoms with van der Waals surface area (Å²) >= 11 is 12.4. The number of Topliss-reactive ketones (excluding diaryl/α,β-unsaturated/α-hetero) is 1. The topological polar surface area (TPSA) is 59.5 Å². The van der Waals surface area contributed by atoms with E-state index in [4.69, 9.17) is 27.9 Å². The average molecular weight is 443 g/mol. The molecule has 1 fully saturated rings. The predicted octanol–water partition coefficient (Wildman–Crippen LogP) is 4.45. The second kappa shape index (κ2) is 7.71. The minimum absolute atomic E-state index is 0.0198. The molecule has 2 aliphatic heterocycles. The Morgan fingerprint density at radius 3 is 2.67 bits per heavy atom. The smallest absolute Gasteiger partial charge is 0.290 e. The summed E-state index contributed by atoms with van der Waals surface area (Å²) in [6.07, 6.45) is 5.18. The van der Waals surface area contributed by atoms with E-state index in [1.165, 1.54) is 0 Å². The van der Waals surface area contributed by atoms with Gasteiger partial charge in [0, 0.05) is 29.3 Å². The third kappa shape index (κ3) is 3.30. The van der Waals surface area contributed by atoms with E-state index in [2.05, 4.69) is 4.98 Å². The van der Waals surface area contributed by atoms with Gasteiger partial charge in [0.2, 0.25) is 0 Å². The first-order chi connectivity index (χ1) is 14.5. The van der Waals surface area contributed by atoms with Gasteiger partial charge in [0.1, 0.15) is 6.10 Å². The third-order valence-electron chi connectivity index (χ3n) is 6.14. The number of ether oxygens (including phenoxy) is 1. The predicted molar refractivity (Wildman–Crippen MR) is 113 cm³/mol. The number of aromatic nitrogens is 1. The quantitative estimate of drug-likeness (QED) is 0.658. The van der Waals surface area contributed by atoms with Gasteiger partial charge < -0.3 is 9.64 Å². The number of carbonyl (C=O) groups excluding carboxylic acids is 2. The number of halogens is 2. The second-order valence-corrected chi connectivity index (χ2v) is 9.08. The van der Waals surface area contributed by atoms with Gasteiger partial charge in [-0.2, -0.15) is 0 Å². The Bertz CT molecular complexity index is 1020. The molecule has 0 radical (unpaired) electrons.